The van der Waals surface area contributed by atoms with Crippen molar-refractivity contribution in [3.05, 3.63) is 33.8 Å². The van der Waals surface area contributed by atoms with Gasteiger partial charge in [0.05, 0.1) is 0 Å². The highest BCUT2D eigenvalue weighted by atomic mass is 35.5. The molecule has 98 valence electrons. The molecular weight excluding hydrogens is 240 g/mol. The van der Waals surface area contributed by atoms with Crippen LogP contribution in [-0.2, 0) is 5.41 Å². The van der Waals surface area contributed by atoms with E-state index in [2.05, 4.69) is 32.9 Å². The Kier molecular flexibility index (Phi) is 2.97. The van der Waals surface area contributed by atoms with Crippen LogP contribution >= 0.6 is 11.6 Å². The van der Waals surface area contributed by atoms with Crippen LogP contribution in [0.3, 0.4) is 0 Å². The molecule has 1 aromatic rings. The molecule has 18 heavy (non-hydrogen) atoms. The normalized spacial score (nSPS) is 20.2. The van der Waals surface area contributed by atoms with Crippen LogP contribution in [0, 0.1) is 0 Å². The van der Waals surface area contributed by atoms with E-state index >= 15 is 0 Å². The van der Waals surface area contributed by atoms with Crippen LogP contribution in [0.2, 0.25) is 5.02 Å². The van der Waals surface area contributed by atoms with Gasteiger partial charge in [-0.15, -0.1) is 0 Å². The van der Waals surface area contributed by atoms with Gasteiger partial charge in [-0.2, -0.15) is 0 Å². The van der Waals surface area contributed by atoms with Gasteiger partial charge in [0.25, 0.3) is 0 Å². The van der Waals surface area contributed by atoms with Crippen molar-refractivity contribution in [2.75, 3.05) is 0 Å². The van der Waals surface area contributed by atoms with Gasteiger partial charge >= 0.3 is 0 Å². The van der Waals surface area contributed by atoms with E-state index in [-0.39, 0.29) is 0 Å². The average Bonchev–Trinajstić information content (AvgIpc) is 3.18. The molecule has 0 nitrogen and oxygen atoms in total. The predicted octanol–water partition coefficient (Wildman–Crippen LogP) is 5.78. The maximum atomic E-state index is 6.36. The Balaban J connectivity index is 2.17. The first-order chi connectivity index (χ1) is 8.53. The zero-order valence-electron chi connectivity index (χ0n) is 11.7. The molecule has 2 aliphatic carbocycles. The Bertz CT molecular complexity index is 431. The lowest BCUT2D eigenvalue weighted by atomic mass is 9.75. The minimum atomic E-state index is 0.292. The molecule has 1 heteroatoms. The fourth-order valence-corrected chi connectivity index (χ4v) is 3.28. The largest absolute Gasteiger partial charge is 0.0843 e. The Morgan fingerprint density at radius 3 is 1.83 bits per heavy atom. The molecule has 0 bridgehead atoms. The molecule has 0 aromatic heterocycles. The van der Waals surface area contributed by atoms with E-state index in [0.717, 1.165) is 16.9 Å². The van der Waals surface area contributed by atoms with E-state index in [1.807, 2.05) is 0 Å². The number of rotatable bonds is 4. The highest BCUT2D eigenvalue weighted by Gasteiger charge is 2.37. The van der Waals surface area contributed by atoms with Crippen molar-refractivity contribution in [2.45, 2.75) is 70.1 Å². The van der Waals surface area contributed by atoms with E-state index in [4.69, 9.17) is 11.6 Å². The monoisotopic (exact) mass is 262 g/mol. The van der Waals surface area contributed by atoms with Gasteiger partial charge in [0.1, 0.15) is 0 Å². The summed E-state index contributed by atoms with van der Waals surface area (Å²) in [5.74, 6) is 1.59. The van der Waals surface area contributed by atoms with Gasteiger partial charge < -0.3 is 0 Å². The number of benzene rings is 1. The highest BCUT2D eigenvalue weighted by Crippen LogP contribution is 2.52. The van der Waals surface area contributed by atoms with Crippen LogP contribution < -0.4 is 0 Å². The summed E-state index contributed by atoms with van der Waals surface area (Å²) in [6.45, 7) is 7.10. The molecule has 0 heterocycles. The molecule has 0 N–H and O–H groups in total. The summed E-state index contributed by atoms with van der Waals surface area (Å²) in [6, 6.07) is 4.50. The molecule has 0 spiro atoms. The SMILES string of the molecule is CCC(C)(C)c1c(C2CC2)cc(Cl)cc1C1CC1. The van der Waals surface area contributed by atoms with Crippen molar-refractivity contribution in [2.24, 2.45) is 0 Å². The Labute approximate surface area is 116 Å². The summed E-state index contributed by atoms with van der Waals surface area (Å²) in [7, 11) is 0. The minimum absolute atomic E-state index is 0.292. The molecule has 1 aromatic carbocycles. The number of hydrogen-bond donors (Lipinski definition) is 0. The van der Waals surface area contributed by atoms with Crippen molar-refractivity contribution in [1.82, 2.24) is 0 Å². The second-order valence-electron chi connectivity index (χ2n) is 6.75. The Hall–Kier alpha value is -0.490. The molecular formula is C17H23Cl. The molecule has 0 aliphatic heterocycles. The zero-order valence-corrected chi connectivity index (χ0v) is 12.5. The molecule has 0 atom stereocenters. The lowest BCUT2D eigenvalue weighted by Gasteiger charge is -2.30. The van der Waals surface area contributed by atoms with Crippen molar-refractivity contribution in [3.8, 4) is 0 Å². The molecule has 2 fully saturated rings. The maximum absolute atomic E-state index is 6.36. The van der Waals surface area contributed by atoms with Gasteiger partial charge in [0.2, 0.25) is 0 Å². The molecule has 2 saturated carbocycles. The lowest BCUT2D eigenvalue weighted by molar-refractivity contribution is 0.496. The van der Waals surface area contributed by atoms with Crippen LogP contribution in [0.4, 0.5) is 0 Å². The van der Waals surface area contributed by atoms with E-state index < -0.39 is 0 Å². The van der Waals surface area contributed by atoms with E-state index in [1.165, 1.54) is 32.1 Å². The molecule has 3 rings (SSSR count). The highest BCUT2D eigenvalue weighted by molar-refractivity contribution is 6.30. The van der Waals surface area contributed by atoms with Crippen LogP contribution in [0.25, 0.3) is 0 Å². The summed E-state index contributed by atoms with van der Waals surface area (Å²) in [6.07, 6.45) is 6.64. The van der Waals surface area contributed by atoms with E-state index in [9.17, 15) is 0 Å². The average molecular weight is 263 g/mol. The van der Waals surface area contributed by atoms with Crippen molar-refractivity contribution >= 4 is 11.6 Å². The second-order valence-corrected chi connectivity index (χ2v) is 7.18. The fourth-order valence-electron chi connectivity index (χ4n) is 3.04. The first-order valence-electron chi connectivity index (χ1n) is 7.36. The van der Waals surface area contributed by atoms with E-state index in [0.29, 0.717) is 5.41 Å². The predicted molar refractivity (Wildman–Crippen MR) is 78.7 cm³/mol. The standard InChI is InChI=1S/C17H23Cl/c1-4-17(2,3)16-14(11-5-6-11)9-13(18)10-15(16)12-7-8-12/h9-12H,4-8H2,1-3H3. The third kappa shape index (κ3) is 2.20. The van der Waals surface area contributed by atoms with Crippen molar-refractivity contribution in [3.63, 3.8) is 0 Å². The molecule has 0 amide bonds. The lowest BCUT2D eigenvalue weighted by Crippen LogP contribution is -2.20. The quantitative estimate of drug-likeness (QED) is 0.645. The summed E-state index contributed by atoms with van der Waals surface area (Å²) in [5.41, 5.74) is 5.06. The second kappa shape index (κ2) is 4.27. The summed E-state index contributed by atoms with van der Waals surface area (Å²) in [5, 5.41) is 0.953. The first-order valence-corrected chi connectivity index (χ1v) is 7.74. The van der Waals surface area contributed by atoms with Gasteiger partial charge in [0.15, 0.2) is 0 Å². The Morgan fingerprint density at radius 1 is 1.06 bits per heavy atom. The fraction of sp³-hybridized carbons (Fsp3) is 0.647. The van der Waals surface area contributed by atoms with Crippen LogP contribution in [0.5, 0.6) is 0 Å². The Morgan fingerprint density at radius 2 is 1.50 bits per heavy atom. The van der Waals surface area contributed by atoms with Gasteiger partial charge in [-0.1, -0.05) is 32.4 Å². The van der Waals surface area contributed by atoms with Crippen LogP contribution in [-0.4, -0.2) is 0 Å². The number of halogens is 1. The first kappa shape index (κ1) is 12.5. The third-order valence-electron chi connectivity index (χ3n) is 4.76. The maximum Gasteiger partial charge on any atom is 0.0411 e. The van der Waals surface area contributed by atoms with Gasteiger partial charge in [-0.3, -0.25) is 0 Å². The molecule has 0 radical (unpaired) electrons. The van der Waals surface area contributed by atoms with E-state index in [1.54, 1.807) is 16.7 Å². The zero-order chi connectivity index (χ0) is 12.9. The summed E-state index contributed by atoms with van der Waals surface area (Å²) < 4.78 is 0. The number of hydrogen-bond acceptors (Lipinski definition) is 0. The minimum Gasteiger partial charge on any atom is -0.0843 e. The van der Waals surface area contributed by atoms with Crippen LogP contribution in [0.1, 0.15) is 81.4 Å². The van der Waals surface area contributed by atoms with Gasteiger partial charge in [0, 0.05) is 5.02 Å². The van der Waals surface area contributed by atoms with Gasteiger partial charge in [-0.25, -0.2) is 0 Å². The van der Waals surface area contributed by atoms with Crippen LogP contribution in [0.15, 0.2) is 12.1 Å². The summed E-state index contributed by atoms with van der Waals surface area (Å²) in [4.78, 5) is 0. The third-order valence-corrected chi connectivity index (χ3v) is 4.98. The smallest absolute Gasteiger partial charge is 0.0411 e. The van der Waals surface area contributed by atoms with Gasteiger partial charge in [-0.05, 0) is 78.2 Å². The van der Waals surface area contributed by atoms with Crippen molar-refractivity contribution in [1.29, 1.82) is 0 Å². The topological polar surface area (TPSA) is 0 Å². The molecule has 0 saturated heterocycles. The van der Waals surface area contributed by atoms with Crippen molar-refractivity contribution < 1.29 is 0 Å². The summed E-state index contributed by atoms with van der Waals surface area (Å²) >= 11 is 6.36. The molecule has 0 unspecified atom stereocenters. The molecule has 2 aliphatic rings.